The fourth-order valence-corrected chi connectivity index (χ4v) is 1.25. The van der Waals surface area contributed by atoms with E-state index in [0.29, 0.717) is 0 Å². The van der Waals surface area contributed by atoms with Crippen LogP contribution in [0.25, 0.3) is 0 Å². The van der Waals surface area contributed by atoms with Crippen LogP contribution in [0.3, 0.4) is 0 Å². The average molecular weight is 227 g/mol. The van der Waals surface area contributed by atoms with Gasteiger partial charge in [0, 0.05) is 6.04 Å². The van der Waals surface area contributed by atoms with Crippen molar-refractivity contribution in [3.63, 3.8) is 0 Å². The summed E-state index contributed by atoms with van der Waals surface area (Å²) in [7, 11) is 0. The highest BCUT2D eigenvalue weighted by Gasteiger charge is 2.27. The largest absolute Gasteiger partial charge is 0.444 e. The van der Waals surface area contributed by atoms with E-state index in [1.807, 2.05) is 26.8 Å². The molecule has 94 valence electrons. The predicted octanol–water partition coefficient (Wildman–Crippen LogP) is 3.50. The molecule has 1 amide bonds. The van der Waals surface area contributed by atoms with Crippen LogP contribution in [0.1, 0.15) is 48.0 Å². The van der Waals surface area contributed by atoms with Crippen LogP contribution in [-0.4, -0.2) is 17.7 Å². The lowest BCUT2D eigenvalue weighted by molar-refractivity contribution is 0.0465. The Kier molecular flexibility index (Phi) is 5.04. The molecule has 0 heterocycles. The highest BCUT2D eigenvalue weighted by atomic mass is 16.6. The van der Waals surface area contributed by atoms with Gasteiger partial charge in [-0.15, -0.1) is 6.58 Å². The monoisotopic (exact) mass is 227 g/mol. The Morgan fingerprint density at radius 1 is 1.31 bits per heavy atom. The summed E-state index contributed by atoms with van der Waals surface area (Å²) in [6.07, 6.45) is 2.19. The van der Waals surface area contributed by atoms with Crippen LogP contribution in [0.15, 0.2) is 12.7 Å². The summed E-state index contributed by atoms with van der Waals surface area (Å²) in [6.45, 7) is 15.5. The number of rotatable bonds is 3. The molecule has 3 nitrogen and oxygen atoms in total. The van der Waals surface area contributed by atoms with Crippen LogP contribution < -0.4 is 5.32 Å². The maximum absolute atomic E-state index is 11.6. The van der Waals surface area contributed by atoms with Crippen molar-refractivity contribution in [1.82, 2.24) is 5.32 Å². The van der Waals surface area contributed by atoms with Crippen molar-refractivity contribution in [2.75, 3.05) is 0 Å². The summed E-state index contributed by atoms with van der Waals surface area (Å²) >= 11 is 0. The molecule has 0 fully saturated rings. The molecule has 0 aliphatic carbocycles. The van der Waals surface area contributed by atoms with Crippen LogP contribution in [-0.2, 0) is 4.74 Å². The highest BCUT2D eigenvalue weighted by molar-refractivity contribution is 5.68. The van der Waals surface area contributed by atoms with Crippen LogP contribution >= 0.6 is 0 Å². The first-order valence-electron chi connectivity index (χ1n) is 5.66. The van der Waals surface area contributed by atoms with Crippen molar-refractivity contribution < 1.29 is 9.53 Å². The molecule has 0 aromatic rings. The summed E-state index contributed by atoms with van der Waals surface area (Å²) in [5, 5.41) is 2.88. The van der Waals surface area contributed by atoms with E-state index in [4.69, 9.17) is 4.74 Å². The fraction of sp³-hybridized carbons (Fsp3) is 0.769. The Morgan fingerprint density at radius 2 is 1.81 bits per heavy atom. The zero-order valence-corrected chi connectivity index (χ0v) is 11.4. The summed E-state index contributed by atoms with van der Waals surface area (Å²) in [4.78, 5) is 11.6. The molecule has 1 unspecified atom stereocenters. The number of nitrogens with one attached hydrogen (secondary N) is 1. The first-order chi connectivity index (χ1) is 7.06. The molecular formula is C13H25NO2. The molecule has 0 saturated heterocycles. The van der Waals surface area contributed by atoms with Crippen molar-refractivity contribution in [3.8, 4) is 0 Å². The normalized spacial score (nSPS) is 14.1. The lowest BCUT2D eigenvalue weighted by Crippen LogP contribution is -2.45. The van der Waals surface area contributed by atoms with Crippen molar-refractivity contribution >= 4 is 6.09 Å². The van der Waals surface area contributed by atoms with Gasteiger partial charge in [-0.1, -0.05) is 26.8 Å². The molecule has 0 aliphatic heterocycles. The van der Waals surface area contributed by atoms with Crippen molar-refractivity contribution in [2.24, 2.45) is 5.41 Å². The Labute approximate surface area is 99.3 Å². The lowest BCUT2D eigenvalue weighted by atomic mass is 9.85. The highest BCUT2D eigenvalue weighted by Crippen LogP contribution is 2.22. The van der Waals surface area contributed by atoms with Gasteiger partial charge in [0.1, 0.15) is 5.60 Å². The number of ether oxygens (including phenoxy) is 1. The average Bonchev–Trinajstić information content (AvgIpc) is 1.97. The molecule has 3 heteroatoms. The SMILES string of the molecule is C=CCC(NC(=O)OC(C)(C)C)C(C)(C)C. The van der Waals surface area contributed by atoms with E-state index in [1.54, 1.807) is 0 Å². The number of carbonyl (C=O) groups is 1. The van der Waals surface area contributed by atoms with Gasteiger partial charge in [0.25, 0.3) is 0 Å². The first-order valence-corrected chi connectivity index (χ1v) is 5.66. The Balaban J connectivity index is 4.42. The van der Waals surface area contributed by atoms with E-state index in [0.717, 1.165) is 6.42 Å². The molecular weight excluding hydrogens is 202 g/mol. The second-order valence-electron chi connectivity index (χ2n) is 6.09. The molecule has 0 bridgehead atoms. The zero-order valence-electron chi connectivity index (χ0n) is 11.4. The molecule has 0 aliphatic rings. The topological polar surface area (TPSA) is 38.3 Å². The van der Waals surface area contributed by atoms with Gasteiger partial charge >= 0.3 is 6.09 Å². The number of hydrogen-bond acceptors (Lipinski definition) is 2. The second-order valence-corrected chi connectivity index (χ2v) is 6.09. The van der Waals surface area contributed by atoms with E-state index in [1.165, 1.54) is 0 Å². The predicted molar refractivity (Wildman–Crippen MR) is 67.4 cm³/mol. The minimum atomic E-state index is -0.458. The number of alkyl carbamates (subject to hydrolysis) is 1. The molecule has 0 radical (unpaired) electrons. The fourth-order valence-electron chi connectivity index (χ4n) is 1.25. The Hall–Kier alpha value is -0.990. The lowest BCUT2D eigenvalue weighted by Gasteiger charge is -2.31. The summed E-state index contributed by atoms with van der Waals surface area (Å²) < 4.78 is 5.23. The van der Waals surface area contributed by atoms with E-state index in [-0.39, 0.29) is 17.6 Å². The summed E-state index contributed by atoms with van der Waals surface area (Å²) in [5.41, 5.74) is -0.466. The third kappa shape index (κ3) is 6.49. The molecule has 0 spiro atoms. The van der Waals surface area contributed by atoms with Crippen LogP contribution in [0, 0.1) is 5.41 Å². The third-order valence-corrected chi connectivity index (χ3v) is 2.14. The molecule has 0 aromatic carbocycles. The van der Waals surface area contributed by atoms with Gasteiger partial charge in [-0.2, -0.15) is 0 Å². The number of hydrogen-bond donors (Lipinski definition) is 1. The van der Waals surface area contributed by atoms with Crippen molar-refractivity contribution in [1.29, 1.82) is 0 Å². The van der Waals surface area contributed by atoms with E-state index >= 15 is 0 Å². The van der Waals surface area contributed by atoms with Gasteiger partial charge in [0.05, 0.1) is 0 Å². The zero-order chi connectivity index (χ0) is 13.0. The van der Waals surface area contributed by atoms with Gasteiger partial charge in [0.15, 0.2) is 0 Å². The van der Waals surface area contributed by atoms with Gasteiger partial charge in [-0.25, -0.2) is 4.79 Å². The molecule has 1 N–H and O–H groups in total. The summed E-state index contributed by atoms with van der Waals surface area (Å²) in [6, 6.07) is 0.0415. The third-order valence-electron chi connectivity index (χ3n) is 2.14. The molecule has 0 saturated carbocycles. The van der Waals surface area contributed by atoms with Gasteiger partial charge in [-0.05, 0) is 32.6 Å². The summed E-state index contributed by atoms with van der Waals surface area (Å²) in [5.74, 6) is 0. The maximum atomic E-state index is 11.6. The van der Waals surface area contributed by atoms with Crippen molar-refractivity contribution in [3.05, 3.63) is 12.7 Å². The first kappa shape index (κ1) is 15.0. The maximum Gasteiger partial charge on any atom is 0.407 e. The van der Waals surface area contributed by atoms with Crippen LogP contribution in [0.4, 0.5) is 4.79 Å². The van der Waals surface area contributed by atoms with Gasteiger partial charge < -0.3 is 10.1 Å². The molecule has 0 aromatic heterocycles. The minimum Gasteiger partial charge on any atom is -0.444 e. The minimum absolute atomic E-state index is 0.00884. The number of carbonyl (C=O) groups excluding carboxylic acids is 1. The van der Waals surface area contributed by atoms with Crippen LogP contribution in [0.2, 0.25) is 0 Å². The van der Waals surface area contributed by atoms with Crippen LogP contribution in [0.5, 0.6) is 0 Å². The van der Waals surface area contributed by atoms with Gasteiger partial charge in [0.2, 0.25) is 0 Å². The molecule has 0 rings (SSSR count). The quantitative estimate of drug-likeness (QED) is 0.749. The standard InChI is InChI=1S/C13H25NO2/c1-8-9-10(12(2,3)4)14-11(15)16-13(5,6)7/h8,10H,1,9H2,2-7H3,(H,14,15). The Bertz CT molecular complexity index is 246. The smallest absolute Gasteiger partial charge is 0.407 e. The van der Waals surface area contributed by atoms with E-state index in [2.05, 4.69) is 32.7 Å². The van der Waals surface area contributed by atoms with E-state index < -0.39 is 5.60 Å². The molecule has 1 atom stereocenters. The Morgan fingerprint density at radius 3 is 2.12 bits per heavy atom. The van der Waals surface area contributed by atoms with E-state index in [9.17, 15) is 4.79 Å². The second kappa shape index (κ2) is 5.37. The van der Waals surface area contributed by atoms with Crippen molar-refractivity contribution in [2.45, 2.75) is 59.6 Å². The number of amides is 1. The molecule has 16 heavy (non-hydrogen) atoms. The van der Waals surface area contributed by atoms with Gasteiger partial charge in [-0.3, -0.25) is 0 Å².